The minimum Gasteiger partial charge on any atom is -0.342 e. The monoisotopic (exact) mass is 414 g/mol. The fourth-order valence-corrected chi connectivity index (χ4v) is 4.30. The lowest BCUT2D eigenvalue weighted by molar-refractivity contribution is -0.139. The van der Waals surface area contributed by atoms with Gasteiger partial charge in [0.1, 0.15) is 5.52 Å². The van der Waals surface area contributed by atoms with Gasteiger partial charge in [-0.2, -0.15) is 13.2 Å². The van der Waals surface area contributed by atoms with Crippen LogP contribution in [0.15, 0.2) is 36.7 Å². The van der Waals surface area contributed by atoms with Crippen LogP contribution in [-0.4, -0.2) is 37.6 Å². The Bertz CT molecular complexity index is 1170. The van der Waals surface area contributed by atoms with E-state index < -0.39 is 11.9 Å². The van der Waals surface area contributed by atoms with Gasteiger partial charge >= 0.3 is 6.18 Å². The number of hydrogen-bond donors (Lipinski definition) is 2. The fraction of sp³-hybridized carbons (Fsp3) is 0.381. The van der Waals surface area contributed by atoms with Crippen LogP contribution in [0.5, 0.6) is 0 Å². The largest absolute Gasteiger partial charge is 0.435 e. The molecule has 0 unspecified atom stereocenters. The van der Waals surface area contributed by atoms with E-state index in [2.05, 4.69) is 25.3 Å². The molecule has 2 N–H and O–H groups in total. The first-order chi connectivity index (χ1) is 14.5. The predicted octanol–water partition coefficient (Wildman–Crippen LogP) is 4.38. The zero-order chi connectivity index (χ0) is 20.7. The molecule has 0 radical (unpaired) electrons. The average Bonchev–Trinajstić information content (AvgIpc) is 3.39. The summed E-state index contributed by atoms with van der Waals surface area (Å²) in [6, 6.07) is 6.93. The van der Waals surface area contributed by atoms with Gasteiger partial charge in [-0.3, -0.25) is 0 Å². The lowest BCUT2D eigenvalue weighted by Crippen LogP contribution is -2.28. The number of pyridine rings is 1. The molecule has 1 fully saturated rings. The molecule has 0 amide bonds. The third kappa shape index (κ3) is 3.32. The number of benzene rings is 1. The van der Waals surface area contributed by atoms with Crippen molar-refractivity contribution in [3.63, 3.8) is 0 Å². The maximum atomic E-state index is 13.9. The topological polar surface area (TPSA) is 71.4 Å². The molecule has 1 aliphatic heterocycles. The van der Waals surface area contributed by atoms with Crippen molar-refractivity contribution in [3.05, 3.63) is 42.4 Å². The Labute approximate surface area is 170 Å². The second kappa shape index (κ2) is 7.39. The second-order valence-corrected chi connectivity index (χ2v) is 7.68. The summed E-state index contributed by atoms with van der Waals surface area (Å²) in [6.07, 6.45) is 1.63. The highest BCUT2D eigenvalue weighted by Gasteiger charge is 2.37. The molecule has 30 heavy (non-hydrogen) atoms. The van der Waals surface area contributed by atoms with Gasteiger partial charge in [0.25, 0.3) is 0 Å². The van der Waals surface area contributed by atoms with Gasteiger partial charge in [-0.25, -0.2) is 15.0 Å². The number of piperidine rings is 1. The smallest absolute Gasteiger partial charge is 0.342 e. The number of aryl methyl sites for hydroxylation is 1. The molecule has 4 aromatic rings. The van der Waals surface area contributed by atoms with Gasteiger partial charge in [-0.05, 0) is 44.3 Å². The summed E-state index contributed by atoms with van der Waals surface area (Å²) in [7, 11) is 0. The van der Waals surface area contributed by atoms with Gasteiger partial charge in [-0.1, -0.05) is 18.2 Å². The summed E-state index contributed by atoms with van der Waals surface area (Å²) in [5.74, 6) is 1.39. The number of imidazole rings is 2. The third-order valence-electron chi connectivity index (χ3n) is 5.78. The lowest BCUT2D eigenvalue weighted by Gasteiger charge is -2.23. The van der Waals surface area contributed by atoms with Crippen molar-refractivity contribution in [1.29, 1.82) is 0 Å². The van der Waals surface area contributed by atoms with E-state index in [0.29, 0.717) is 40.5 Å². The molecule has 0 aliphatic carbocycles. The SMILES string of the molecule is FC(F)(F)c1nc2ccccc2c2c1nc(-c1ncc[nH]1)n2CCC1CCNCC1. The van der Waals surface area contributed by atoms with Crippen molar-refractivity contribution < 1.29 is 13.2 Å². The number of para-hydroxylation sites is 1. The molecule has 1 aromatic carbocycles. The van der Waals surface area contributed by atoms with Crippen molar-refractivity contribution in [1.82, 2.24) is 29.8 Å². The molecule has 9 heteroatoms. The summed E-state index contributed by atoms with van der Waals surface area (Å²) < 4.78 is 43.5. The van der Waals surface area contributed by atoms with Crippen LogP contribution in [-0.2, 0) is 12.7 Å². The predicted molar refractivity (Wildman–Crippen MR) is 108 cm³/mol. The number of aromatic amines is 1. The minimum absolute atomic E-state index is 0.127. The highest BCUT2D eigenvalue weighted by molar-refractivity contribution is 6.04. The van der Waals surface area contributed by atoms with E-state index in [1.165, 1.54) is 0 Å². The van der Waals surface area contributed by atoms with Crippen LogP contribution < -0.4 is 5.32 Å². The molecule has 0 bridgehead atoms. The number of halogens is 3. The Balaban J connectivity index is 1.74. The molecule has 0 saturated carbocycles. The third-order valence-corrected chi connectivity index (χ3v) is 5.78. The van der Waals surface area contributed by atoms with E-state index in [1.807, 2.05) is 10.6 Å². The van der Waals surface area contributed by atoms with E-state index >= 15 is 0 Å². The van der Waals surface area contributed by atoms with Crippen LogP contribution in [0, 0.1) is 5.92 Å². The normalized spacial score (nSPS) is 16.0. The summed E-state index contributed by atoms with van der Waals surface area (Å²) in [5.41, 5.74) is -0.304. The summed E-state index contributed by atoms with van der Waals surface area (Å²) in [6.45, 7) is 2.53. The van der Waals surface area contributed by atoms with Crippen LogP contribution in [0.3, 0.4) is 0 Å². The number of H-pyrrole nitrogens is 1. The Morgan fingerprint density at radius 2 is 1.90 bits per heavy atom. The maximum absolute atomic E-state index is 13.9. The lowest BCUT2D eigenvalue weighted by atomic mass is 9.94. The molecule has 6 nitrogen and oxygen atoms in total. The first kappa shape index (κ1) is 19.0. The summed E-state index contributed by atoms with van der Waals surface area (Å²) >= 11 is 0. The molecule has 1 aliphatic rings. The van der Waals surface area contributed by atoms with E-state index in [-0.39, 0.29) is 5.52 Å². The van der Waals surface area contributed by atoms with Crippen LogP contribution in [0.25, 0.3) is 33.6 Å². The molecule has 0 spiro atoms. The Morgan fingerprint density at radius 3 is 2.63 bits per heavy atom. The number of nitrogens with zero attached hydrogens (tertiary/aromatic N) is 4. The van der Waals surface area contributed by atoms with Crippen molar-refractivity contribution in [3.8, 4) is 11.6 Å². The number of fused-ring (bicyclic) bond motifs is 3. The minimum atomic E-state index is -4.60. The molecular formula is C21H21F3N6. The zero-order valence-corrected chi connectivity index (χ0v) is 16.2. The van der Waals surface area contributed by atoms with Crippen molar-refractivity contribution in [2.24, 2.45) is 5.92 Å². The molecule has 1 saturated heterocycles. The zero-order valence-electron chi connectivity index (χ0n) is 16.2. The summed E-state index contributed by atoms with van der Waals surface area (Å²) in [4.78, 5) is 15.6. The quantitative estimate of drug-likeness (QED) is 0.520. The Morgan fingerprint density at radius 1 is 1.10 bits per heavy atom. The van der Waals surface area contributed by atoms with E-state index in [4.69, 9.17) is 0 Å². The van der Waals surface area contributed by atoms with Crippen molar-refractivity contribution >= 4 is 21.9 Å². The van der Waals surface area contributed by atoms with Crippen molar-refractivity contribution in [2.75, 3.05) is 13.1 Å². The maximum Gasteiger partial charge on any atom is 0.435 e. The molecule has 5 rings (SSSR count). The van der Waals surface area contributed by atoms with Gasteiger partial charge in [0, 0.05) is 24.3 Å². The first-order valence-electron chi connectivity index (χ1n) is 10.1. The Hall–Kier alpha value is -2.94. The molecule has 0 atom stereocenters. The highest BCUT2D eigenvalue weighted by Crippen LogP contribution is 2.38. The number of aromatic nitrogens is 5. The van der Waals surface area contributed by atoms with E-state index in [0.717, 1.165) is 32.4 Å². The van der Waals surface area contributed by atoms with Crippen LogP contribution in [0.2, 0.25) is 0 Å². The molecule has 3 aromatic heterocycles. The standard InChI is InChI=1S/C21H21F3N6/c22-21(23,24)18-16-17(14-3-1-2-4-15(14)28-18)30(12-7-13-5-8-25-9-6-13)20(29-16)19-26-10-11-27-19/h1-4,10-11,13,25H,5-9,12H2,(H,26,27). The van der Waals surface area contributed by atoms with Crippen molar-refractivity contribution in [2.45, 2.75) is 32.0 Å². The van der Waals surface area contributed by atoms with Gasteiger partial charge in [-0.15, -0.1) is 0 Å². The van der Waals surface area contributed by atoms with Gasteiger partial charge in [0.15, 0.2) is 17.3 Å². The number of alkyl halides is 3. The van der Waals surface area contributed by atoms with Gasteiger partial charge in [0.2, 0.25) is 0 Å². The van der Waals surface area contributed by atoms with Crippen LogP contribution in [0.4, 0.5) is 13.2 Å². The number of nitrogens with one attached hydrogen (secondary N) is 2. The molecule has 4 heterocycles. The second-order valence-electron chi connectivity index (χ2n) is 7.68. The molecule has 156 valence electrons. The number of rotatable bonds is 4. The number of hydrogen-bond acceptors (Lipinski definition) is 4. The van der Waals surface area contributed by atoms with E-state index in [1.54, 1.807) is 30.6 Å². The molecular weight excluding hydrogens is 393 g/mol. The van der Waals surface area contributed by atoms with E-state index in [9.17, 15) is 13.2 Å². The Kier molecular flexibility index (Phi) is 4.69. The van der Waals surface area contributed by atoms with Crippen LogP contribution >= 0.6 is 0 Å². The highest BCUT2D eigenvalue weighted by atomic mass is 19.4. The average molecular weight is 414 g/mol. The van der Waals surface area contributed by atoms with Crippen LogP contribution in [0.1, 0.15) is 25.0 Å². The summed E-state index contributed by atoms with van der Waals surface area (Å²) in [5, 5.41) is 4.02. The van der Waals surface area contributed by atoms with Gasteiger partial charge < -0.3 is 14.9 Å². The van der Waals surface area contributed by atoms with Gasteiger partial charge in [0.05, 0.1) is 11.0 Å². The fourth-order valence-electron chi connectivity index (χ4n) is 4.30. The first-order valence-corrected chi connectivity index (χ1v) is 10.1.